The zero-order valence-electron chi connectivity index (χ0n) is 6.68. The van der Waals surface area contributed by atoms with Gasteiger partial charge in [-0.1, -0.05) is 20.4 Å². The highest BCUT2D eigenvalue weighted by atomic mass is 16.5. The molecule has 0 aromatic carbocycles. The fraction of sp³-hybridized carbons (Fsp3) is 0.750. The van der Waals surface area contributed by atoms with Gasteiger partial charge < -0.3 is 4.74 Å². The van der Waals surface area contributed by atoms with E-state index in [0.717, 1.165) is 13.2 Å². The molecule has 1 fully saturated rings. The van der Waals surface area contributed by atoms with E-state index in [2.05, 4.69) is 25.7 Å². The second kappa shape index (κ2) is 2.72. The highest BCUT2D eigenvalue weighted by Crippen LogP contribution is 2.22. The van der Waals surface area contributed by atoms with Crippen molar-refractivity contribution >= 4 is 0 Å². The molecule has 58 valence electrons. The first-order valence-corrected chi connectivity index (χ1v) is 3.74. The van der Waals surface area contributed by atoms with Gasteiger partial charge in [-0.2, -0.15) is 0 Å². The van der Waals surface area contributed by atoms with Crippen LogP contribution in [0, 0.1) is 5.92 Å². The Bertz CT molecular complexity index is 125. The fourth-order valence-electron chi connectivity index (χ4n) is 1.25. The molecule has 1 rings (SSSR count). The van der Waals surface area contributed by atoms with Gasteiger partial charge in [0.15, 0.2) is 0 Å². The first-order chi connectivity index (χ1) is 4.71. The molecule has 2 heteroatoms. The Morgan fingerprint density at radius 2 is 2.40 bits per heavy atom. The Hall–Kier alpha value is -0.340. The van der Waals surface area contributed by atoms with Gasteiger partial charge in [0.1, 0.15) is 5.72 Å². The molecule has 0 amide bonds. The second-order valence-corrected chi connectivity index (χ2v) is 2.93. The molecule has 0 bridgehead atoms. The molecule has 2 nitrogen and oxygen atoms in total. The van der Waals surface area contributed by atoms with Crippen molar-refractivity contribution < 1.29 is 4.74 Å². The minimum atomic E-state index is -0.250. The number of nitrogens with one attached hydrogen (secondary N) is 1. The molecule has 0 saturated carbocycles. The number of hydrogen-bond donors (Lipinski definition) is 1. The lowest BCUT2D eigenvalue weighted by Crippen LogP contribution is -2.43. The normalized spacial score (nSPS) is 33.1. The maximum Gasteiger partial charge on any atom is 0.140 e. The van der Waals surface area contributed by atoms with Crippen molar-refractivity contribution in [3.8, 4) is 0 Å². The van der Waals surface area contributed by atoms with Gasteiger partial charge in [0.2, 0.25) is 0 Å². The Kier molecular flexibility index (Phi) is 2.11. The molecule has 0 radical (unpaired) electrons. The molecule has 0 aliphatic carbocycles. The summed E-state index contributed by atoms with van der Waals surface area (Å²) in [5.41, 5.74) is -0.250. The third-order valence-electron chi connectivity index (χ3n) is 2.01. The van der Waals surface area contributed by atoms with Gasteiger partial charge in [-0.3, -0.25) is 5.32 Å². The van der Waals surface area contributed by atoms with E-state index < -0.39 is 0 Å². The van der Waals surface area contributed by atoms with Crippen LogP contribution < -0.4 is 5.32 Å². The van der Waals surface area contributed by atoms with Crippen molar-refractivity contribution in [2.24, 2.45) is 5.92 Å². The lowest BCUT2D eigenvalue weighted by atomic mass is 10.0. The molecule has 1 aliphatic rings. The van der Waals surface area contributed by atoms with Crippen LogP contribution in [0.5, 0.6) is 0 Å². The molecule has 1 heterocycles. The molecular weight excluding hydrogens is 126 g/mol. The van der Waals surface area contributed by atoms with Crippen molar-refractivity contribution in [3.05, 3.63) is 12.7 Å². The third kappa shape index (κ3) is 1.09. The Balaban J connectivity index is 2.67. The molecule has 0 spiro atoms. The van der Waals surface area contributed by atoms with Gasteiger partial charge in [0, 0.05) is 6.54 Å². The summed E-state index contributed by atoms with van der Waals surface area (Å²) in [6, 6.07) is 0. The van der Waals surface area contributed by atoms with Gasteiger partial charge in [-0.15, -0.1) is 0 Å². The SMILES string of the molecule is C=CC1(C(C)C)NCCO1. The summed E-state index contributed by atoms with van der Waals surface area (Å²) in [7, 11) is 0. The Morgan fingerprint density at radius 1 is 1.70 bits per heavy atom. The lowest BCUT2D eigenvalue weighted by molar-refractivity contribution is -0.00511. The van der Waals surface area contributed by atoms with Gasteiger partial charge in [-0.25, -0.2) is 0 Å². The van der Waals surface area contributed by atoms with Crippen molar-refractivity contribution in [2.45, 2.75) is 19.6 Å². The summed E-state index contributed by atoms with van der Waals surface area (Å²) in [4.78, 5) is 0. The van der Waals surface area contributed by atoms with Gasteiger partial charge in [0.05, 0.1) is 6.61 Å². The molecule has 1 aliphatic heterocycles. The average molecular weight is 141 g/mol. The maximum absolute atomic E-state index is 5.52. The number of ether oxygens (including phenoxy) is 1. The monoisotopic (exact) mass is 141 g/mol. The first kappa shape index (κ1) is 7.76. The van der Waals surface area contributed by atoms with Crippen LogP contribution >= 0.6 is 0 Å². The van der Waals surface area contributed by atoms with Crippen LogP contribution in [0.25, 0.3) is 0 Å². The van der Waals surface area contributed by atoms with Crippen molar-refractivity contribution in [2.75, 3.05) is 13.2 Å². The third-order valence-corrected chi connectivity index (χ3v) is 2.01. The summed E-state index contributed by atoms with van der Waals surface area (Å²) >= 11 is 0. The van der Waals surface area contributed by atoms with E-state index in [1.807, 2.05) is 6.08 Å². The van der Waals surface area contributed by atoms with Crippen LogP contribution in [0.1, 0.15) is 13.8 Å². The fourth-order valence-corrected chi connectivity index (χ4v) is 1.25. The summed E-state index contributed by atoms with van der Waals surface area (Å²) < 4.78 is 5.52. The largest absolute Gasteiger partial charge is 0.355 e. The van der Waals surface area contributed by atoms with Crippen molar-refractivity contribution in [3.63, 3.8) is 0 Å². The predicted molar refractivity (Wildman–Crippen MR) is 41.7 cm³/mol. The van der Waals surface area contributed by atoms with Gasteiger partial charge >= 0.3 is 0 Å². The summed E-state index contributed by atoms with van der Waals surface area (Å²) in [6.45, 7) is 9.73. The summed E-state index contributed by atoms with van der Waals surface area (Å²) in [5.74, 6) is 0.451. The molecule has 1 unspecified atom stereocenters. The highest BCUT2D eigenvalue weighted by Gasteiger charge is 2.34. The second-order valence-electron chi connectivity index (χ2n) is 2.93. The summed E-state index contributed by atoms with van der Waals surface area (Å²) in [5, 5.41) is 3.28. The molecule has 1 N–H and O–H groups in total. The van der Waals surface area contributed by atoms with E-state index in [4.69, 9.17) is 4.74 Å². The van der Waals surface area contributed by atoms with Crippen LogP contribution in [-0.4, -0.2) is 18.9 Å². The van der Waals surface area contributed by atoms with Crippen LogP contribution in [-0.2, 0) is 4.74 Å². The van der Waals surface area contributed by atoms with E-state index in [0.29, 0.717) is 5.92 Å². The topological polar surface area (TPSA) is 21.3 Å². The highest BCUT2D eigenvalue weighted by molar-refractivity contribution is 5.00. The lowest BCUT2D eigenvalue weighted by Gasteiger charge is -2.28. The molecule has 0 aromatic heterocycles. The van der Waals surface area contributed by atoms with Crippen LogP contribution in [0.4, 0.5) is 0 Å². The zero-order valence-corrected chi connectivity index (χ0v) is 6.68. The van der Waals surface area contributed by atoms with Gasteiger partial charge in [0.25, 0.3) is 0 Å². The van der Waals surface area contributed by atoms with E-state index >= 15 is 0 Å². The number of hydrogen-bond acceptors (Lipinski definition) is 2. The van der Waals surface area contributed by atoms with E-state index in [-0.39, 0.29) is 5.72 Å². The average Bonchev–Trinajstić information content (AvgIpc) is 2.35. The molecular formula is C8H15NO. The Morgan fingerprint density at radius 3 is 2.60 bits per heavy atom. The molecule has 1 saturated heterocycles. The standard InChI is InChI=1S/C8H15NO/c1-4-8(7(2)3)9-5-6-10-8/h4,7,9H,1,5-6H2,2-3H3. The quantitative estimate of drug-likeness (QED) is 0.582. The molecule has 1 atom stereocenters. The van der Waals surface area contributed by atoms with Crippen LogP contribution in [0.3, 0.4) is 0 Å². The van der Waals surface area contributed by atoms with E-state index in [1.54, 1.807) is 0 Å². The molecule has 0 aromatic rings. The van der Waals surface area contributed by atoms with Crippen LogP contribution in [0.15, 0.2) is 12.7 Å². The zero-order chi connectivity index (χ0) is 7.61. The summed E-state index contributed by atoms with van der Waals surface area (Å²) in [6.07, 6.45) is 1.85. The van der Waals surface area contributed by atoms with E-state index in [9.17, 15) is 0 Å². The van der Waals surface area contributed by atoms with Crippen molar-refractivity contribution in [1.82, 2.24) is 5.32 Å². The smallest absolute Gasteiger partial charge is 0.140 e. The minimum absolute atomic E-state index is 0.250. The predicted octanol–water partition coefficient (Wildman–Crippen LogP) is 1.14. The van der Waals surface area contributed by atoms with Gasteiger partial charge in [-0.05, 0) is 12.0 Å². The van der Waals surface area contributed by atoms with Crippen LogP contribution in [0.2, 0.25) is 0 Å². The first-order valence-electron chi connectivity index (χ1n) is 3.74. The molecule has 10 heavy (non-hydrogen) atoms. The Labute approximate surface area is 62.3 Å². The maximum atomic E-state index is 5.52. The minimum Gasteiger partial charge on any atom is -0.355 e. The van der Waals surface area contributed by atoms with E-state index in [1.165, 1.54) is 0 Å². The number of rotatable bonds is 2. The van der Waals surface area contributed by atoms with Crippen molar-refractivity contribution in [1.29, 1.82) is 0 Å².